The quantitative estimate of drug-likeness (QED) is 0.472. The van der Waals surface area contributed by atoms with E-state index in [0.717, 1.165) is 34.7 Å². The summed E-state index contributed by atoms with van der Waals surface area (Å²) in [5, 5.41) is 10.8. The van der Waals surface area contributed by atoms with Crippen LogP contribution in [0.1, 0.15) is 17.3 Å². The molecule has 1 fully saturated rings. The van der Waals surface area contributed by atoms with Crippen LogP contribution < -0.4 is 4.90 Å². The summed E-state index contributed by atoms with van der Waals surface area (Å²) in [5.41, 5.74) is 0.659. The van der Waals surface area contributed by atoms with Crippen LogP contribution >= 0.6 is 34.9 Å². The van der Waals surface area contributed by atoms with Crippen molar-refractivity contribution < 1.29 is 9.18 Å². The summed E-state index contributed by atoms with van der Waals surface area (Å²) in [5.74, 6) is -0.926. The maximum atomic E-state index is 14.5. The highest BCUT2D eigenvalue weighted by Gasteiger charge is 2.27. The summed E-state index contributed by atoms with van der Waals surface area (Å²) in [7, 11) is 3.20. The van der Waals surface area contributed by atoms with Crippen molar-refractivity contribution in [2.24, 2.45) is 0 Å². The van der Waals surface area contributed by atoms with Crippen molar-refractivity contribution in [3.63, 3.8) is 0 Å². The standard InChI is InChI=1S/C22H23ClFN5OS2/c1-14-13-28(32-19-7-5-4-6-17(19)23)10-11-29(14)22-26-25-20(31-22)15-8-9-16(18(24)12-15)21(30)27(2)3/h4-9,12,14H,10-11,13H2,1-3H3. The Balaban J connectivity index is 1.44. The van der Waals surface area contributed by atoms with E-state index in [-0.39, 0.29) is 17.5 Å². The second-order valence-corrected chi connectivity index (χ2v) is 10.2. The molecule has 1 aromatic heterocycles. The molecule has 1 atom stereocenters. The van der Waals surface area contributed by atoms with E-state index < -0.39 is 5.82 Å². The number of carbonyl (C=O) groups excluding carboxylic acids is 1. The van der Waals surface area contributed by atoms with E-state index in [1.165, 1.54) is 28.4 Å². The lowest BCUT2D eigenvalue weighted by Gasteiger charge is -2.38. The minimum Gasteiger partial charge on any atom is -0.345 e. The van der Waals surface area contributed by atoms with Crippen LogP contribution in [0.15, 0.2) is 47.4 Å². The lowest BCUT2D eigenvalue weighted by Crippen LogP contribution is -2.49. The fourth-order valence-electron chi connectivity index (χ4n) is 3.46. The number of hydrogen-bond acceptors (Lipinski definition) is 7. The highest BCUT2D eigenvalue weighted by molar-refractivity contribution is 7.97. The fraction of sp³-hybridized carbons (Fsp3) is 0.318. The van der Waals surface area contributed by atoms with Gasteiger partial charge in [0.05, 0.1) is 10.6 Å². The first-order valence-electron chi connectivity index (χ1n) is 10.1. The van der Waals surface area contributed by atoms with Crippen molar-refractivity contribution in [3.05, 3.63) is 58.9 Å². The second kappa shape index (κ2) is 9.74. The van der Waals surface area contributed by atoms with Crippen LogP contribution in [0.4, 0.5) is 9.52 Å². The van der Waals surface area contributed by atoms with Gasteiger partial charge in [-0.25, -0.2) is 8.70 Å². The van der Waals surface area contributed by atoms with Gasteiger partial charge < -0.3 is 9.80 Å². The number of halogens is 2. The summed E-state index contributed by atoms with van der Waals surface area (Å²) in [6.45, 7) is 4.66. The maximum Gasteiger partial charge on any atom is 0.256 e. The third-order valence-electron chi connectivity index (χ3n) is 5.17. The number of rotatable bonds is 5. The van der Waals surface area contributed by atoms with Crippen molar-refractivity contribution in [2.45, 2.75) is 17.9 Å². The molecule has 0 saturated carbocycles. The molecule has 1 aliphatic heterocycles. The smallest absolute Gasteiger partial charge is 0.256 e. The van der Waals surface area contributed by atoms with Crippen molar-refractivity contribution in [1.82, 2.24) is 19.4 Å². The molecule has 1 aliphatic rings. The summed E-state index contributed by atoms with van der Waals surface area (Å²) >= 11 is 9.40. The number of amides is 1. The van der Waals surface area contributed by atoms with E-state index in [1.54, 1.807) is 32.1 Å². The van der Waals surface area contributed by atoms with Crippen LogP contribution in [0.2, 0.25) is 5.02 Å². The topological polar surface area (TPSA) is 52.6 Å². The molecule has 1 amide bonds. The van der Waals surface area contributed by atoms with Gasteiger partial charge in [0.25, 0.3) is 5.91 Å². The van der Waals surface area contributed by atoms with Gasteiger partial charge in [0.15, 0.2) is 0 Å². The SMILES string of the molecule is CC1CN(Sc2ccccc2Cl)CCN1c1nnc(-c2ccc(C(=O)N(C)C)c(F)c2)s1. The van der Waals surface area contributed by atoms with Crippen molar-refractivity contribution in [3.8, 4) is 10.6 Å². The molecule has 32 heavy (non-hydrogen) atoms. The van der Waals surface area contributed by atoms with Crippen LogP contribution in [0.25, 0.3) is 10.6 Å². The molecule has 0 aliphatic carbocycles. The monoisotopic (exact) mass is 491 g/mol. The lowest BCUT2D eigenvalue weighted by molar-refractivity contribution is 0.0823. The van der Waals surface area contributed by atoms with Crippen LogP contribution in [-0.4, -0.2) is 65.1 Å². The molecule has 4 rings (SSSR count). The van der Waals surface area contributed by atoms with Gasteiger partial charge in [-0.2, -0.15) is 0 Å². The summed E-state index contributed by atoms with van der Waals surface area (Å²) < 4.78 is 16.8. The van der Waals surface area contributed by atoms with E-state index in [0.29, 0.717) is 10.6 Å². The average molecular weight is 492 g/mol. The van der Waals surface area contributed by atoms with Crippen molar-refractivity contribution in [1.29, 1.82) is 0 Å². The molecule has 3 aromatic rings. The molecular weight excluding hydrogens is 469 g/mol. The molecular formula is C22H23ClFN5OS2. The largest absolute Gasteiger partial charge is 0.345 e. The van der Waals surface area contributed by atoms with E-state index in [1.807, 2.05) is 24.3 Å². The van der Waals surface area contributed by atoms with E-state index in [9.17, 15) is 9.18 Å². The minimum atomic E-state index is -0.559. The minimum absolute atomic E-state index is 0.0456. The van der Waals surface area contributed by atoms with E-state index >= 15 is 0 Å². The average Bonchev–Trinajstić information content (AvgIpc) is 3.25. The molecule has 2 heterocycles. The Morgan fingerprint density at radius 3 is 2.69 bits per heavy atom. The van der Waals surface area contributed by atoms with Crippen LogP contribution in [0.5, 0.6) is 0 Å². The van der Waals surface area contributed by atoms with Gasteiger partial charge in [0.1, 0.15) is 10.8 Å². The molecule has 168 valence electrons. The van der Waals surface area contributed by atoms with Gasteiger partial charge in [0.2, 0.25) is 5.13 Å². The van der Waals surface area contributed by atoms with Gasteiger partial charge >= 0.3 is 0 Å². The fourth-order valence-corrected chi connectivity index (χ4v) is 5.70. The molecule has 0 spiro atoms. The predicted octanol–water partition coefficient (Wildman–Crippen LogP) is 4.92. The number of anilines is 1. The summed E-state index contributed by atoms with van der Waals surface area (Å²) in [6.07, 6.45) is 0. The van der Waals surface area contributed by atoms with E-state index in [4.69, 9.17) is 11.6 Å². The Labute approximate surface area is 200 Å². The van der Waals surface area contributed by atoms with Gasteiger partial charge in [-0.3, -0.25) is 4.79 Å². The normalized spacial score (nSPS) is 16.9. The second-order valence-electron chi connectivity index (χ2n) is 7.74. The zero-order valence-electron chi connectivity index (χ0n) is 18.0. The Morgan fingerprint density at radius 2 is 2.00 bits per heavy atom. The highest BCUT2D eigenvalue weighted by Crippen LogP contribution is 2.35. The van der Waals surface area contributed by atoms with Gasteiger partial charge in [-0.1, -0.05) is 41.1 Å². The predicted molar refractivity (Wildman–Crippen MR) is 129 cm³/mol. The molecule has 1 unspecified atom stereocenters. The Kier molecular flexibility index (Phi) is 6.99. The Hall–Kier alpha value is -2.20. The molecule has 0 N–H and O–H groups in total. The Bertz CT molecular complexity index is 1130. The molecule has 2 aromatic carbocycles. The van der Waals surface area contributed by atoms with E-state index in [2.05, 4.69) is 26.3 Å². The number of benzene rings is 2. The number of carbonyl (C=O) groups is 1. The highest BCUT2D eigenvalue weighted by atomic mass is 35.5. The van der Waals surface area contributed by atoms with Crippen LogP contribution in [0.3, 0.4) is 0 Å². The molecule has 6 nitrogen and oxygen atoms in total. The molecule has 0 radical (unpaired) electrons. The zero-order chi connectivity index (χ0) is 22.8. The number of nitrogens with zero attached hydrogens (tertiary/aromatic N) is 5. The van der Waals surface area contributed by atoms with Crippen LogP contribution in [-0.2, 0) is 0 Å². The third kappa shape index (κ3) is 4.91. The number of hydrogen-bond donors (Lipinski definition) is 0. The summed E-state index contributed by atoms with van der Waals surface area (Å²) in [4.78, 5) is 16.7. The van der Waals surface area contributed by atoms with Crippen molar-refractivity contribution in [2.75, 3.05) is 38.6 Å². The first-order valence-corrected chi connectivity index (χ1v) is 12.1. The van der Waals surface area contributed by atoms with Gasteiger partial charge in [-0.05, 0) is 43.1 Å². The first kappa shape index (κ1) is 23.0. The molecule has 0 bridgehead atoms. The summed E-state index contributed by atoms with van der Waals surface area (Å²) in [6, 6.07) is 12.6. The third-order valence-corrected chi connectivity index (χ3v) is 7.76. The van der Waals surface area contributed by atoms with Crippen LogP contribution in [0, 0.1) is 5.82 Å². The lowest BCUT2D eigenvalue weighted by atomic mass is 10.1. The molecule has 1 saturated heterocycles. The molecule has 10 heteroatoms. The Morgan fingerprint density at radius 1 is 1.22 bits per heavy atom. The number of piperazine rings is 1. The first-order chi connectivity index (χ1) is 15.3. The number of aromatic nitrogens is 2. The van der Waals surface area contributed by atoms with Crippen molar-refractivity contribution >= 4 is 45.9 Å². The zero-order valence-corrected chi connectivity index (χ0v) is 20.3. The maximum absolute atomic E-state index is 14.5. The van der Waals surface area contributed by atoms with Gasteiger partial charge in [-0.15, -0.1) is 10.2 Å². The van der Waals surface area contributed by atoms with Gasteiger partial charge in [0, 0.05) is 50.2 Å².